The maximum Gasteiger partial charge on any atom is 0.350 e. The third-order valence-corrected chi connectivity index (χ3v) is 7.69. The summed E-state index contributed by atoms with van der Waals surface area (Å²) in [6.07, 6.45) is 4.67. The number of aliphatic imine (C=N–C) groups is 1. The monoisotopic (exact) mass is 522 g/mol. The lowest BCUT2D eigenvalue weighted by Crippen LogP contribution is -2.46. The molecule has 0 unspecified atom stereocenters. The first kappa shape index (κ1) is 24.8. The molecular weight excluding hydrogens is 489 g/mol. The minimum Gasteiger partial charge on any atom is -0.356 e. The maximum absolute atomic E-state index is 12.6. The van der Waals surface area contributed by atoms with Crippen LogP contribution < -0.4 is 5.32 Å². The van der Waals surface area contributed by atoms with Crippen molar-refractivity contribution >= 4 is 40.0 Å². The lowest BCUT2D eigenvalue weighted by Gasteiger charge is -2.32. The molecule has 2 rings (SSSR count). The summed E-state index contributed by atoms with van der Waals surface area (Å²) in [5, 5.41) is 3.40. The van der Waals surface area contributed by atoms with Gasteiger partial charge in [0.15, 0.2) is 5.96 Å². The number of halogens is 3. The van der Waals surface area contributed by atoms with E-state index in [1.807, 2.05) is 0 Å². The van der Waals surface area contributed by atoms with Gasteiger partial charge in [0.2, 0.25) is 0 Å². The van der Waals surface area contributed by atoms with Crippen LogP contribution in [0.4, 0.5) is 8.78 Å². The zero-order chi connectivity index (χ0) is 19.4. The van der Waals surface area contributed by atoms with Gasteiger partial charge in [-0.3, -0.25) is 4.99 Å². The first-order chi connectivity index (χ1) is 12.3. The predicted octanol–water partition coefficient (Wildman–Crippen LogP) is 2.96. The fraction of sp³-hybridized carbons (Fsp3) is 0.941. The standard InChI is InChI=1S/C17H32F2N4O2S.HI/c1-4-17(5-2)8-11-22(13-17)16(20-3)21-12-14-6-9-23(10-7-14)26(24,25)15(18)19;/h14-15H,4-13H2,1-3H3,(H,20,21);1H. The molecule has 2 fully saturated rings. The molecule has 0 aliphatic carbocycles. The Balaban J connectivity index is 0.00000364. The number of likely N-dealkylation sites (tertiary alicyclic amines) is 1. The zero-order valence-corrected chi connectivity index (χ0v) is 19.6. The van der Waals surface area contributed by atoms with E-state index < -0.39 is 15.8 Å². The number of rotatable bonds is 6. The second-order valence-electron chi connectivity index (χ2n) is 7.45. The molecule has 0 aromatic rings. The molecule has 0 bridgehead atoms. The van der Waals surface area contributed by atoms with Crippen LogP contribution in [0.15, 0.2) is 4.99 Å². The van der Waals surface area contributed by atoms with E-state index in [4.69, 9.17) is 0 Å². The molecule has 1 N–H and O–H groups in total. The van der Waals surface area contributed by atoms with Gasteiger partial charge in [-0.2, -0.15) is 13.1 Å². The maximum atomic E-state index is 12.6. The number of guanidine groups is 1. The summed E-state index contributed by atoms with van der Waals surface area (Å²) in [5.41, 5.74) is 0.368. The fourth-order valence-corrected chi connectivity index (χ4v) is 4.94. The van der Waals surface area contributed by atoms with Crippen molar-refractivity contribution in [1.82, 2.24) is 14.5 Å². The van der Waals surface area contributed by atoms with Gasteiger partial charge < -0.3 is 10.2 Å². The molecule has 0 radical (unpaired) electrons. The number of nitrogens with one attached hydrogen (secondary N) is 1. The van der Waals surface area contributed by atoms with E-state index in [1.54, 1.807) is 7.05 Å². The molecule has 0 aromatic carbocycles. The number of nitrogens with zero attached hydrogens (tertiary/aromatic N) is 3. The van der Waals surface area contributed by atoms with Crippen molar-refractivity contribution in [3.05, 3.63) is 0 Å². The number of hydrogen-bond donors (Lipinski definition) is 1. The third kappa shape index (κ3) is 5.88. The van der Waals surface area contributed by atoms with Crippen LogP contribution in [0, 0.1) is 11.3 Å². The van der Waals surface area contributed by atoms with E-state index in [0.717, 1.165) is 36.2 Å². The Bertz CT molecular complexity index is 592. The Morgan fingerprint density at radius 1 is 1.22 bits per heavy atom. The van der Waals surface area contributed by atoms with Crippen molar-refractivity contribution < 1.29 is 17.2 Å². The molecule has 2 saturated heterocycles. The molecule has 27 heavy (non-hydrogen) atoms. The van der Waals surface area contributed by atoms with E-state index >= 15 is 0 Å². The van der Waals surface area contributed by atoms with Crippen molar-refractivity contribution in [3.63, 3.8) is 0 Å². The quantitative estimate of drug-likeness (QED) is 0.331. The van der Waals surface area contributed by atoms with Crippen molar-refractivity contribution in [1.29, 1.82) is 0 Å². The van der Waals surface area contributed by atoms with Crippen LogP contribution in [0.2, 0.25) is 0 Å². The van der Waals surface area contributed by atoms with Gasteiger partial charge in [0.1, 0.15) is 0 Å². The van der Waals surface area contributed by atoms with Crippen LogP contribution in [0.5, 0.6) is 0 Å². The van der Waals surface area contributed by atoms with Crippen LogP contribution in [0.25, 0.3) is 0 Å². The van der Waals surface area contributed by atoms with Crippen molar-refractivity contribution in [3.8, 4) is 0 Å². The Hall–Kier alpha value is -0.230. The fourth-order valence-electron chi connectivity index (χ4n) is 3.99. The average Bonchev–Trinajstić information content (AvgIpc) is 3.07. The third-order valence-electron chi connectivity index (χ3n) is 6.16. The summed E-state index contributed by atoms with van der Waals surface area (Å²) < 4.78 is 49.2. The van der Waals surface area contributed by atoms with Crippen LogP contribution in [0.3, 0.4) is 0 Å². The highest BCUT2D eigenvalue weighted by molar-refractivity contribution is 14.0. The van der Waals surface area contributed by atoms with E-state index in [-0.39, 0.29) is 43.0 Å². The summed E-state index contributed by atoms with van der Waals surface area (Å²) in [4.78, 5) is 6.69. The SMILES string of the molecule is CCC1(CC)CCN(C(=NC)NCC2CCN(S(=O)(=O)C(F)F)CC2)C1.I. The van der Waals surface area contributed by atoms with Crippen LogP contribution in [-0.4, -0.2) is 69.1 Å². The van der Waals surface area contributed by atoms with E-state index in [9.17, 15) is 17.2 Å². The molecule has 0 amide bonds. The van der Waals surface area contributed by atoms with Crippen LogP contribution in [-0.2, 0) is 10.0 Å². The molecule has 0 spiro atoms. The second kappa shape index (κ2) is 10.5. The Morgan fingerprint density at radius 3 is 2.26 bits per heavy atom. The summed E-state index contributed by atoms with van der Waals surface area (Å²) in [6.45, 7) is 7.50. The second-order valence-corrected chi connectivity index (χ2v) is 9.36. The normalized spacial score (nSPS) is 22.1. The lowest BCUT2D eigenvalue weighted by atomic mass is 9.82. The molecule has 10 heteroatoms. The smallest absolute Gasteiger partial charge is 0.350 e. The van der Waals surface area contributed by atoms with Gasteiger partial charge in [-0.15, -0.1) is 24.0 Å². The molecule has 2 aliphatic rings. The highest BCUT2D eigenvalue weighted by Gasteiger charge is 2.37. The number of alkyl halides is 2. The number of hydrogen-bond acceptors (Lipinski definition) is 3. The van der Waals surface area contributed by atoms with Crippen LogP contribution in [0.1, 0.15) is 46.0 Å². The first-order valence-corrected chi connectivity index (χ1v) is 11.0. The van der Waals surface area contributed by atoms with E-state index in [0.29, 0.717) is 24.8 Å². The largest absolute Gasteiger partial charge is 0.356 e. The van der Waals surface area contributed by atoms with Gasteiger partial charge in [-0.25, -0.2) is 8.42 Å². The molecule has 0 aromatic heterocycles. The van der Waals surface area contributed by atoms with Gasteiger partial charge in [0, 0.05) is 39.8 Å². The first-order valence-electron chi connectivity index (χ1n) is 9.50. The van der Waals surface area contributed by atoms with Gasteiger partial charge in [0.05, 0.1) is 0 Å². The predicted molar refractivity (Wildman–Crippen MR) is 115 cm³/mol. The Kier molecular flexibility index (Phi) is 9.66. The average molecular weight is 522 g/mol. The molecule has 160 valence electrons. The topological polar surface area (TPSA) is 65.0 Å². The summed E-state index contributed by atoms with van der Waals surface area (Å²) in [6, 6.07) is 0. The molecule has 2 heterocycles. The highest BCUT2D eigenvalue weighted by Crippen LogP contribution is 2.36. The minimum absolute atomic E-state index is 0. The Labute approximate surface area is 179 Å². The molecule has 2 aliphatic heterocycles. The van der Waals surface area contributed by atoms with Crippen molar-refractivity contribution in [2.75, 3.05) is 39.8 Å². The van der Waals surface area contributed by atoms with Gasteiger partial charge in [0.25, 0.3) is 10.0 Å². The zero-order valence-electron chi connectivity index (χ0n) is 16.5. The number of sulfonamides is 1. The molecule has 0 saturated carbocycles. The number of piperidine rings is 1. The van der Waals surface area contributed by atoms with Crippen molar-refractivity contribution in [2.45, 2.75) is 51.7 Å². The van der Waals surface area contributed by atoms with Gasteiger partial charge in [-0.1, -0.05) is 13.8 Å². The summed E-state index contributed by atoms with van der Waals surface area (Å²) >= 11 is 0. The summed E-state index contributed by atoms with van der Waals surface area (Å²) in [5.74, 6) is -2.18. The van der Waals surface area contributed by atoms with E-state index in [1.165, 1.54) is 6.42 Å². The highest BCUT2D eigenvalue weighted by atomic mass is 127. The molecule has 0 atom stereocenters. The lowest BCUT2D eigenvalue weighted by molar-refractivity contribution is 0.203. The van der Waals surface area contributed by atoms with Crippen LogP contribution >= 0.6 is 24.0 Å². The Morgan fingerprint density at radius 2 is 1.81 bits per heavy atom. The molecular formula is C17H33F2IN4O2S. The molecule has 6 nitrogen and oxygen atoms in total. The minimum atomic E-state index is -4.44. The van der Waals surface area contributed by atoms with E-state index in [2.05, 4.69) is 29.1 Å². The van der Waals surface area contributed by atoms with Crippen molar-refractivity contribution in [2.24, 2.45) is 16.3 Å². The van der Waals surface area contributed by atoms with Gasteiger partial charge in [-0.05, 0) is 43.4 Å². The summed E-state index contributed by atoms with van der Waals surface area (Å²) in [7, 11) is -2.67. The van der Waals surface area contributed by atoms with Gasteiger partial charge >= 0.3 is 5.76 Å².